The van der Waals surface area contributed by atoms with Gasteiger partial charge < -0.3 is 9.64 Å². The van der Waals surface area contributed by atoms with Gasteiger partial charge in [-0.1, -0.05) is 11.6 Å². The summed E-state index contributed by atoms with van der Waals surface area (Å²) < 4.78 is 19.2. The van der Waals surface area contributed by atoms with Gasteiger partial charge in [-0.05, 0) is 38.1 Å². The lowest BCUT2D eigenvalue weighted by Crippen LogP contribution is -2.45. The molecular formula is C16H14ClFN2O3. The number of nitrogens with zero attached hydrogens (tertiary/aromatic N) is 2. The first-order valence-corrected chi connectivity index (χ1v) is 7.35. The van der Waals surface area contributed by atoms with Crippen molar-refractivity contribution in [1.82, 2.24) is 0 Å². The van der Waals surface area contributed by atoms with Crippen LogP contribution in [0.15, 0.2) is 36.4 Å². The van der Waals surface area contributed by atoms with Gasteiger partial charge in [0.25, 0.3) is 5.69 Å². The Hall–Kier alpha value is -2.34. The zero-order valence-electron chi connectivity index (χ0n) is 12.5. The maximum Gasteiger partial charge on any atom is 0.273 e. The van der Waals surface area contributed by atoms with Crippen LogP contribution < -0.4 is 9.64 Å². The van der Waals surface area contributed by atoms with Crippen LogP contribution in [0.2, 0.25) is 5.02 Å². The summed E-state index contributed by atoms with van der Waals surface area (Å²) in [6.45, 7) is 4.22. The lowest BCUT2D eigenvalue weighted by Gasteiger charge is -2.41. The minimum Gasteiger partial charge on any atom is -0.484 e. The van der Waals surface area contributed by atoms with Crippen molar-refractivity contribution in [3.63, 3.8) is 0 Å². The predicted octanol–water partition coefficient (Wildman–Crippen LogP) is 4.70. The van der Waals surface area contributed by atoms with E-state index in [0.29, 0.717) is 23.7 Å². The molecule has 0 amide bonds. The van der Waals surface area contributed by atoms with Gasteiger partial charge in [0.1, 0.15) is 11.4 Å². The highest BCUT2D eigenvalue weighted by molar-refractivity contribution is 6.33. The standard InChI is InChI=1S/C16H14ClFN2O3/c1-16(2)9-19(13-5-3-10(18)7-12(13)17)14-6-4-11(20(21)22)8-15(14)23-16/h3-8H,9H2,1-2H3. The van der Waals surface area contributed by atoms with Gasteiger partial charge in [0.15, 0.2) is 5.75 Å². The number of anilines is 2. The van der Waals surface area contributed by atoms with Gasteiger partial charge in [-0.15, -0.1) is 0 Å². The lowest BCUT2D eigenvalue weighted by molar-refractivity contribution is -0.385. The molecule has 2 aromatic rings. The first-order valence-electron chi connectivity index (χ1n) is 6.97. The fourth-order valence-electron chi connectivity index (χ4n) is 2.63. The summed E-state index contributed by atoms with van der Waals surface area (Å²) in [6.07, 6.45) is 0. The van der Waals surface area contributed by atoms with Gasteiger partial charge in [-0.25, -0.2) is 4.39 Å². The summed E-state index contributed by atoms with van der Waals surface area (Å²) in [5, 5.41) is 11.2. The summed E-state index contributed by atoms with van der Waals surface area (Å²) in [5.74, 6) is -0.0222. The molecule has 1 aliphatic rings. The zero-order chi connectivity index (χ0) is 16.8. The number of non-ortho nitro benzene ring substituents is 1. The van der Waals surface area contributed by atoms with Crippen molar-refractivity contribution < 1.29 is 14.1 Å². The summed E-state index contributed by atoms with van der Waals surface area (Å²) in [6, 6.07) is 8.57. The number of nitro groups is 1. The third-order valence-electron chi connectivity index (χ3n) is 3.57. The molecule has 0 saturated carbocycles. The van der Waals surface area contributed by atoms with E-state index in [9.17, 15) is 14.5 Å². The highest BCUT2D eigenvalue weighted by atomic mass is 35.5. The van der Waals surface area contributed by atoms with Crippen molar-refractivity contribution in [2.24, 2.45) is 0 Å². The number of hydrogen-bond acceptors (Lipinski definition) is 4. The quantitative estimate of drug-likeness (QED) is 0.589. The van der Waals surface area contributed by atoms with Crippen LogP contribution in [-0.4, -0.2) is 17.1 Å². The molecule has 0 aliphatic carbocycles. The van der Waals surface area contributed by atoms with Gasteiger partial charge >= 0.3 is 0 Å². The molecule has 0 radical (unpaired) electrons. The first kappa shape index (κ1) is 15.6. The van der Waals surface area contributed by atoms with Crippen molar-refractivity contribution >= 4 is 28.7 Å². The first-order chi connectivity index (χ1) is 10.8. The average Bonchev–Trinajstić information content (AvgIpc) is 2.44. The summed E-state index contributed by atoms with van der Waals surface area (Å²) in [5.41, 5.74) is 0.648. The molecule has 5 nitrogen and oxygen atoms in total. The third kappa shape index (κ3) is 2.94. The van der Waals surface area contributed by atoms with E-state index in [4.69, 9.17) is 16.3 Å². The van der Waals surface area contributed by atoms with Crippen LogP contribution in [0.4, 0.5) is 21.5 Å². The van der Waals surface area contributed by atoms with Crippen LogP contribution in [0.5, 0.6) is 5.75 Å². The molecule has 23 heavy (non-hydrogen) atoms. The van der Waals surface area contributed by atoms with Crippen LogP contribution in [0.3, 0.4) is 0 Å². The summed E-state index contributed by atoms with van der Waals surface area (Å²) in [4.78, 5) is 12.4. The molecule has 2 aromatic carbocycles. The second-order valence-electron chi connectivity index (χ2n) is 5.95. The Balaban J connectivity index is 2.14. The number of benzene rings is 2. The molecule has 0 saturated heterocycles. The molecule has 0 aromatic heterocycles. The maximum atomic E-state index is 13.3. The van der Waals surface area contributed by atoms with E-state index in [1.54, 1.807) is 12.1 Å². The average molecular weight is 337 g/mol. The second-order valence-corrected chi connectivity index (χ2v) is 6.36. The van der Waals surface area contributed by atoms with Crippen LogP contribution in [-0.2, 0) is 0 Å². The number of fused-ring (bicyclic) bond motifs is 1. The second kappa shape index (κ2) is 5.38. The molecule has 1 heterocycles. The van der Waals surface area contributed by atoms with Crippen molar-refractivity contribution in [3.05, 3.63) is 57.4 Å². The SMILES string of the molecule is CC1(C)CN(c2ccc(F)cc2Cl)c2ccc([N+](=O)[O-])cc2O1. The van der Waals surface area contributed by atoms with Gasteiger partial charge in [-0.2, -0.15) is 0 Å². The van der Waals surface area contributed by atoms with E-state index >= 15 is 0 Å². The van der Waals surface area contributed by atoms with Crippen molar-refractivity contribution in [1.29, 1.82) is 0 Å². The Morgan fingerprint density at radius 3 is 2.61 bits per heavy atom. The topological polar surface area (TPSA) is 55.6 Å². The summed E-state index contributed by atoms with van der Waals surface area (Å²) >= 11 is 6.17. The molecule has 1 aliphatic heterocycles. The van der Waals surface area contributed by atoms with Crippen molar-refractivity contribution in [2.45, 2.75) is 19.4 Å². The smallest absolute Gasteiger partial charge is 0.273 e. The number of hydrogen-bond donors (Lipinski definition) is 0. The van der Waals surface area contributed by atoms with E-state index in [1.807, 2.05) is 18.7 Å². The minimum absolute atomic E-state index is 0.0494. The monoisotopic (exact) mass is 336 g/mol. The van der Waals surface area contributed by atoms with Crippen molar-refractivity contribution in [3.8, 4) is 5.75 Å². The Labute approximate surface area is 137 Å². The number of nitro benzene ring substituents is 1. The van der Waals surface area contributed by atoms with Crippen LogP contribution in [0, 0.1) is 15.9 Å². The fraction of sp³-hybridized carbons (Fsp3) is 0.250. The molecule has 7 heteroatoms. The van der Waals surface area contributed by atoms with E-state index < -0.39 is 16.3 Å². The molecule has 0 atom stereocenters. The molecular weight excluding hydrogens is 323 g/mol. The Bertz CT molecular complexity index is 795. The van der Waals surface area contributed by atoms with E-state index in [2.05, 4.69) is 0 Å². The predicted molar refractivity (Wildman–Crippen MR) is 86.2 cm³/mol. The Morgan fingerprint density at radius 1 is 1.26 bits per heavy atom. The van der Waals surface area contributed by atoms with Crippen LogP contribution >= 0.6 is 11.6 Å². The minimum atomic E-state index is -0.583. The van der Waals surface area contributed by atoms with E-state index in [-0.39, 0.29) is 10.7 Å². The van der Waals surface area contributed by atoms with Crippen LogP contribution in [0.1, 0.15) is 13.8 Å². The summed E-state index contributed by atoms with van der Waals surface area (Å²) in [7, 11) is 0. The highest BCUT2D eigenvalue weighted by Gasteiger charge is 2.34. The van der Waals surface area contributed by atoms with Gasteiger partial charge in [-0.3, -0.25) is 10.1 Å². The molecule has 0 spiro atoms. The lowest BCUT2D eigenvalue weighted by atomic mass is 10.0. The Kier molecular flexibility index (Phi) is 3.64. The maximum absolute atomic E-state index is 13.3. The van der Waals surface area contributed by atoms with Crippen molar-refractivity contribution in [2.75, 3.05) is 11.4 Å². The molecule has 3 rings (SSSR count). The van der Waals surface area contributed by atoms with Gasteiger partial charge in [0.2, 0.25) is 0 Å². The highest BCUT2D eigenvalue weighted by Crippen LogP contribution is 2.44. The zero-order valence-corrected chi connectivity index (χ0v) is 13.3. The van der Waals surface area contributed by atoms with E-state index in [0.717, 1.165) is 0 Å². The molecule has 120 valence electrons. The Morgan fingerprint density at radius 2 is 1.96 bits per heavy atom. The number of halogens is 2. The van der Waals surface area contributed by atoms with Crippen LogP contribution in [0.25, 0.3) is 0 Å². The molecule has 0 fully saturated rings. The molecule has 0 N–H and O–H groups in total. The van der Waals surface area contributed by atoms with Gasteiger partial charge in [0.05, 0.1) is 33.9 Å². The normalized spacial score (nSPS) is 15.7. The number of rotatable bonds is 2. The van der Waals surface area contributed by atoms with E-state index in [1.165, 1.54) is 24.3 Å². The number of ether oxygens (including phenoxy) is 1. The third-order valence-corrected chi connectivity index (χ3v) is 3.87. The van der Waals surface area contributed by atoms with Gasteiger partial charge in [0, 0.05) is 6.07 Å². The largest absolute Gasteiger partial charge is 0.484 e. The fourth-order valence-corrected chi connectivity index (χ4v) is 2.90. The molecule has 0 bridgehead atoms. The molecule has 0 unspecified atom stereocenters.